The lowest BCUT2D eigenvalue weighted by atomic mass is 9.97. The van der Waals surface area contributed by atoms with E-state index in [1.807, 2.05) is 63.2 Å². The second-order valence-corrected chi connectivity index (χ2v) is 7.74. The van der Waals surface area contributed by atoms with Crippen molar-refractivity contribution in [1.29, 1.82) is 0 Å². The first-order valence-corrected chi connectivity index (χ1v) is 9.27. The van der Waals surface area contributed by atoms with Gasteiger partial charge in [-0.15, -0.1) is 0 Å². The molecule has 4 rings (SSSR count). The number of nitrogens with one attached hydrogen (secondary N) is 2. The number of hydrogen-bond donors (Lipinski definition) is 2. The summed E-state index contributed by atoms with van der Waals surface area (Å²) < 4.78 is 5.33. The summed E-state index contributed by atoms with van der Waals surface area (Å²) in [7, 11) is 0. The molecule has 0 atom stereocenters. The van der Waals surface area contributed by atoms with E-state index >= 15 is 0 Å². The highest BCUT2D eigenvalue weighted by molar-refractivity contribution is 6.03. The number of aromatic nitrogens is 4. The fourth-order valence-electron chi connectivity index (χ4n) is 2.74. The highest BCUT2D eigenvalue weighted by atomic mass is 16.5. The van der Waals surface area contributed by atoms with Crippen LogP contribution in [0.25, 0.3) is 22.6 Å². The van der Waals surface area contributed by atoms with E-state index in [-0.39, 0.29) is 11.3 Å². The van der Waals surface area contributed by atoms with Gasteiger partial charge < -0.3 is 9.84 Å². The molecule has 0 spiro atoms. The molecule has 0 aliphatic carbocycles. The SMILES string of the molecule is CC(C)(C)c1nc(-c2ccc(NC(=O)c3cc(-c4ccccc4)n[nH]3)cc2)no1. The van der Waals surface area contributed by atoms with Gasteiger partial charge in [0, 0.05) is 22.2 Å². The van der Waals surface area contributed by atoms with Gasteiger partial charge in [-0.25, -0.2) is 0 Å². The Labute approximate surface area is 168 Å². The van der Waals surface area contributed by atoms with Crippen molar-refractivity contribution in [2.75, 3.05) is 5.32 Å². The van der Waals surface area contributed by atoms with E-state index in [1.165, 1.54) is 0 Å². The lowest BCUT2D eigenvalue weighted by Gasteiger charge is -2.10. The van der Waals surface area contributed by atoms with Crippen molar-refractivity contribution in [3.05, 3.63) is 72.2 Å². The van der Waals surface area contributed by atoms with Crippen LogP contribution in [0.15, 0.2) is 65.2 Å². The Morgan fingerprint density at radius 2 is 1.72 bits per heavy atom. The van der Waals surface area contributed by atoms with Crippen LogP contribution in [-0.4, -0.2) is 26.2 Å². The van der Waals surface area contributed by atoms with Gasteiger partial charge >= 0.3 is 0 Å². The normalized spacial score (nSPS) is 11.4. The third-order valence-electron chi connectivity index (χ3n) is 4.36. The molecule has 0 aliphatic rings. The van der Waals surface area contributed by atoms with E-state index in [9.17, 15) is 4.79 Å². The predicted molar refractivity (Wildman–Crippen MR) is 110 cm³/mol. The molecule has 0 radical (unpaired) electrons. The van der Waals surface area contributed by atoms with E-state index in [1.54, 1.807) is 18.2 Å². The maximum Gasteiger partial charge on any atom is 0.273 e. The number of aromatic amines is 1. The third kappa shape index (κ3) is 4.08. The minimum Gasteiger partial charge on any atom is -0.338 e. The molecule has 7 heteroatoms. The van der Waals surface area contributed by atoms with Gasteiger partial charge in [0.15, 0.2) is 0 Å². The molecular formula is C22H21N5O2. The number of amides is 1. The third-order valence-corrected chi connectivity index (χ3v) is 4.36. The summed E-state index contributed by atoms with van der Waals surface area (Å²) in [6.45, 7) is 6.05. The molecule has 146 valence electrons. The van der Waals surface area contributed by atoms with Crippen molar-refractivity contribution in [1.82, 2.24) is 20.3 Å². The lowest BCUT2D eigenvalue weighted by molar-refractivity contribution is 0.102. The maximum atomic E-state index is 12.5. The van der Waals surface area contributed by atoms with Crippen LogP contribution in [0, 0.1) is 0 Å². The standard InChI is InChI=1S/C22H21N5O2/c1-22(2,3)21-24-19(27-29-21)15-9-11-16(12-10-15)23-20(28)18-13-17(25-26-18)14-7-5-4-6-8-14/h4-13H,1-3H3,(H,23,28)(H,25,26). The molecule has 0 bridgehead atoms. The number of carbonyl (C=O) groups excluding carboxylic acids is 1. The number of nitrogens with zero attached hydrogens (tertiary/aromatic N) is 3. The molecule has 1 amide bonds. The average Bonchev–Trinajstić information content (AvgIpc) is 3.39. The number of benzene rings is 2. The number of hydrogen-bond acceptors (Lipinski definition) is 5. The average molecular weight is 387 g/mol. The van der Waals surface area contributed by atoms with Crippen LogP contribution in [0.2, 0.25) is 0 Å². The summed E-state index contributed by atoms with van der Waals surface area (Å²) in [4.78, 5) is 16.9. The molecule has 0 aliphatic heterocycles. The van der Waals surface area contributed by atoms with E-state index in [4.69, 9.17) is 4.52 Å². The van der Waals surface area contributed by atoms with Gasteiger partial charge in [0.1, 0.15) is 5.69 Å². The summed E-state index contributed by atoms with van der Waals surface area (Å²) in [6.07, 6.45) is 0. The van der Waals surface area contributed by atoms with Crippen molar-refractivity contribution in [3.63, 3.8) is 0 Å². The predicted octanol–water partition coefficient (Wildman–Crippen LogP) is 4.68. The molecule has 0 saturated heterocycles. The fraction of sp³-hybridized carbons (Fsp3) is 0.182. The molecule has 0 fully saturated rings. The minimum absolute atomic E-state index is 0.207. The molecule has 7 nitrogen and oxygen atoms in total. The second kappa shape index (κ2) is 7.35. The zero-order valence-corrected chi connectivity index (χ0v) is 16.4. The topological polar surface area (TPSA) is 96.7 Å². The maximum absolute atomic E-state index is 12.5. The Morgan fingerprint density at radius 1 is 1.00 bits per heavy atom. The monoisotopic (exact) mass is 387 g/mol. The molecule has 2 heterocycles. The summed E-state index contributed by atoms with van der Waals surface area (Å²) in [6, 6.07) is 18.7. The van der Waals surface area contributed by atoms with Crippen LogP contribution in [0.3, 0.4) is 0 Å². The van der Waals surface area contributed by atoms with Crippen LogP contribution in [0.1, 0.15) is 37.2 Å². The van der Waals surface area contributed by atoms with E-state index in [2.05, 4.69) is 25.7 Å². The summed E-state index contributed by atoms with van der Waals surface area (Å²) in [5.74, 6) is 0.842. The zero-order valence-electron chi connectivity index (χ0n) is 16.4. The van der Waals surface area contributed by atoms with Crippen molar-refractivity contribution in [3.8, 4) is 22.6 Å². The highest BCUT2D eigenvalue weighted by Crippen LogP contribution is 2.25. The molecule has 0 saturated carbocycles. The molecular weight excluding hydrogens is 366 g/mol. The Hall–Kier alpha value is -3.74. The summed E-state index contributed by atoms with van der Waals surface area (Å²) in [5.41, 5.74) is 3.33. The number of rotatable bonds is 4. The first-order valence-electron chi connectivity index (χ1n) is 9.27. The Balaban J connectivity index is 1.46. The Kier molecular flexibility index (Phi) is 4.72. The van der Waals surface area contributed by atoms with Gasteiger partial charge in [-0.1, -0.05) is 56.3 Å². The first kappa shape index (κ1) is 18.6. The number of carbonyl (C=O) groups is 1. The van der Waals surface area contributed by atoms with Crippen LogP contribution < -0.4 is 5.32 Å². The highest BCUT2D eigenvalue weighted by Gasteiger charge is 2.22. The van der Waals surface area contributed by atoms with Gasteiger partial charge in [-0.05, 0) is 30.3 Å². The van der Waals surface area contributed by atoms with Crippen LogP contribution in [0.4, 0.5) is 5.69 Å². The van der Waals surface area contributed by atoms with E-state index in [0.717, 1.165) is 16.8 Å². The van der Waals surface area contributed by atoms with Gasteiger partial charge in [-0.3, -0.25) is 9.89 Å². The largest absolute Gasteiger partial charge is 0.338 e. The first-order chi connectivity index (χ1) is 13.9. The van der Waals surface area contributed by atoms with Gasteiger partial charge in [-0.2, -0.15) is 10.1 Å². The van der Waals surface area contributed by atoms with Crippen LogP contribution in [0.5, 0.6) is 0 Å². The van der Waals surface area contributed by atoms with E-state index in [0.29, 0.717) is 23.1 Å². The Bertz CT molecular complexity index is 1120. The molecule has 4 aromatic rings. The van der Waals surface area contributed by atoms with Crippen molar-refractivity contribution < 1.29 is 9.32 Å². The molecule has 2 N–H and O–H groups in total. The van der Waals surface area contributed by atoms with E-state index < -0.39 is 0 Å². The van der Waals surface area contributed by atoms with Crippen molar-refractivity contribution in [2.24, 2.45) is 0 Å². The number of anilines is 1. The summed E-state index contributed by atoms with van der Waals surface area (Å²) >= 11 is 0. The molecule has 2 aromatic carbocycles. The van der Waals surface area contributed by atoms with Gasteiger partial charge in [0.05, 0.1) is 5.69 Å². The van der Waals surface area contributed by atoms with Crippen molar-refractivity contribution >= 4 is 11.6 Å². The van der Waals surface area contributed by atoms with Crippen LogP contribution >= 0.6 is 0 Å². The fourth-order valence-corrected chi connectivity index (χ4v) is 2.74. The minimum atomic E-state index is -0.262. The quantitative estimate of drug-likeness (QED) is 0.530. The molecule has 0 unspecified atom stereocenters. The van der Waals surface area contributed by atoms with Gasteiger partial charge in [0.25, 0.3) is 5.91 Å². The van der Waals surface area contributed by atoms with Crippen LogP contribution in [-0.2, 0) is 5.41 Å². The number of H-pyrrole nitrogens is 1. The molecule has 29 heavy (non-hydrogen) atoms. The summed E-state index contributed by atoms with van der Waals surface area (Å²) in [5, 5.41) is 13.9. The smallest absolute Gasteiger partial charge is 0.273 e. The second-order valence-electron chi connectivity index (χ2n) is 7.74. The van der Waals surface area contributed by atoms with Crippen molar-refractivity contribution in [2.45, 2.75) is 26.2 Å². The molecule has 2 aromatic heterocycles. The Morgan fingerprint density at radius 3 is 2.38 bits per heavy atom. The van der Waals surface area contributed by atoms with Gasteiger partial charge in [0.2, 0.25) is 11.7 Å². The lowest BCUT2D eigenvalue weighted by Crippen LogP contribution is -2.12. The zero-order chi connectivity index (χ0) is 20.4.